The highest BCUT2D eigenvalue weighted by molar-refractivity contribution is 6.84. The number of benzene rings is 2. The minimum Gasteiger partial charge on any atom is -0.456 e. The Morgan fingerprint density at radius 3 is 1.44 bits per heavy atom. The largest absolute Gasteiger partial charge is 0.456 e. The molecular formula is C29H48O2Si3. The molecule has 2 aromatic carbocycles. The molecule has 0 atom stereocenters. The molecule has 0 saturated carbocycles. The van der Waals surface area contributed by atoms with E-state index in [0.717, 1.165) is 35.6 Å². The molecule has 2 rings (SSSR count). The van der Waals surface area contributed by atoms with Crippen molar-refractivity contribution in [2.45, 2.75) is 77.3 Å². The molecule has 0 N–H and O–H groups in total. The number of ketones is 1. The van der Waals surface area contributed by atoms with Gasteiger partial charge in [0, 0.05) is 19.2 Å². The smallest absolute Gasteiger partial charge is 0.193 e. The van der Waals surface area contributed by atoms with Gasteiger partial charge in [-0.05, 0) is 62.7 Å². The summed E-state index contributed by atoms with van der Waals surface area (Å²) < 4.78 is 6.51. The Labute approximate surface area is 213 Å². The summed E-state index contributed by atoms with van der Waals surface area (Å²) in [4.78, 5) is 13.6. The molecular weight excluding hydrogens is 465 g/mol. The monoisotopic (exact) mass is 512 g/mol. The summed E-state index contributed by atoms with van der Waals surface area (Å²) in [5, 5.41) is 0. The van der Waals surface area contributed by atoms with Gasteiger partial charge in [0.2, 0.25) is 0 Å². The molecule has 0 aliphatic carbocycles. The van der Waals surface area contributed by atoms with Crippen molar-refractivity contribution in [1.82, 2.24) is 0 Å². The van der Waals surface area contributed by atoms with Crippen LogP contribution in [0.5, 0.6) is 0 Å². The molecule has 0 saturated heterocycles. The highest BCUT2D eigenvalue weighted by atomic mass is 28.4. The fraction of sp³-hybridized carbons (Fsp3) is 0.414. The second-order valence-corrected chi connectivity index (χ2v) is 25.9. The van der Waals surface area contributed by atoms with Crippen LogP contribution >= 0.6 is 0 Å². The van der Waals surface area contributed by atoms with E-state index in [9.17, 15) is 4.79 Å². The van der Waals surface area contributed by atoms with Crippen molar-refractivity contribution in [3.8, 4) is 0 Å². The fourth-order valence-electron chi connectivity index (χ4n) is 3.89. The Bertz CT molecular complexity index is 891. The van der Waals surface area contributed by atoms with E-state index in [-0.39, 0.29) is 5.78 Å². The number of carbonyl (C=O) groups excluding carboxylic acids is 1. The first-order chi connectivity index (χ1) is 15.8. The minimum absolute atomic E-state index is 0.169. The number of hydrogen-bond acceptors (Lipinski definition) is 2. The number of hydrogen-bond donors (Lipinski definition) is 0. The van der Waals surface area contributed by atoms with Gasteiger partial charge >= 0.3 is 0 Å². The van der Waals surface area contributed by atoms with Crippen molar-refractivity contribution in [3.05, 3.63) is 97.1 Å². The predicted molar refractivity (Wildman–Crippen MR) is 161 cm³/mol. The average Bonchev–Trinajstić information content (AvgIpc) is 2.77. The van der Waals surface area contributed by atoms with Crippen LogP contribution in [-0.4, -0.2) is 30.5 Å². The van der Waals surface area contributed by atoms with Gasteiger partial charge in [-0.25, -0.2) is 0 Å². The van der Waals surface area contributed by atoms with Crippen molar-refractivity contribution < 1.29 is 8.91 Å². The van der Waals surface area contributed by atoms with E-state index in [1.807, 2.05) is 24.3 Å². The van der Waals surface area contributed by atoms with E-state index in [0.29, 0.717) is 0 Å². The average molecular weight is 513 g/mol. The predicted octanol–water partition coefficient (Wildman–Crippen LogP) is 9.00. The van der Waals surface area contributed by atoms with Gasteiger partial charge < -0.3 is 4.12 Å². The van der Waals surface area contributed by atoms with E-state index in [2.05, 4.69) is 103 Å². The molecule has 2 aromatic rings. The number of rotatable bonds is 10. The first-order valence-corrected chi connectivity index (χ1v) is 22.4. The molecule has 5 heteroatoms. The molecule has 0 aliphatic heterocycles. The molecule has 0 amide bonds. The molecule has 2 nitrogen and oxygen atoms in total. The van der Waals surface area contributed by atoms with Crippen LogP contribution in [0.15, 0.2) is 74.8 Å². The van der Waals surface area contributed by atoms with Crippen LogP contribution < -0.4 is 0 Å². The maximum Gasteiger partial charge on any atom is 0.193 e. The van der Waals surface area contributed by atoms with Gasteiger partial charge in [0.1, 0.15) is 0 Å². The van der Waals surface area contributed by atoms with Crippen LogP contribution in [0.1, 0.15) is 27.0 Å². The molecule has 0 spiro atoms. The molecule has 0 unspecified atom stereocenters. The normalized spacial score (nSPS) is 11.5. The lowest BCUT2D eigenvalue weighted by molar-refractivity contribution is 0.103. The Morgan fingerprint density at radius 2 is 1.06 bits per heavy atom. The summed E-state index contributed by atoms with van der Waals surface area (Å²) in [5.41, 5.74) is 4.08. The third-order valence-electron chi connectivity index (χ3n) is 5.25. The van der Waals surface area contributed by atoms with Crippen LogP contribution in [-0.2, 0) is 17.0 Å². The van der Waals surface area contributed by atoms with Crippen LogP contribution in [0.4, 0.5) is 0 Å². The number of aryl methyl sites for hydroxylation is 2. The zero-order valence-electron chi connectivity index (χ0n) is 23.1. The van der Waals surface area contributed by atoms with Crippen molar-refractivity contribution in [2.24, 2.45) is 0 Å². The van der Waals surface area contributed by atoms with E-state index in [1.165, 1.54) is 11.6 Å². The van der Waals surface area contributed by atoms with Gasteiger partial charge in [0.15, 0.2) is 22.4 Å². The summed E-state index contributed by atoms with van der Waals surface area (Å²) in [5.74, 6) is 0.169. The zero-order chi connectivity index (χ0) is 26.6. The maximum absolute atomic E-state index is 13.6. The van der Waals surface area contributed by atoms with Crippen molar-refractivity contribution in [2.75, 3.05) is 0 Å². The first kappa shape index (κ1) is 32.2. The molecule has 0 aliphatic rings. The standard InChI is InChI=1S/C25H40O2Si3.2C2H4/c1-28(2,3)19-17-21-13-9-11-15-23(21)25(26)24-16-12-10-14-22(24)18-20-30(7,8)27-29(4,5)6;2*1-2/h9-16H,17-20H2,1-8H3;2*1-2H2. The molecule has 0 bridgehead atoms. The maximum atomic E-state index is 13.6. The van der Waals surface area contributed by atoms with Crippen LogP contribution in [0.3, 0.4) is 0 Å². The van der Waals surface area contributed by atoms with Crippen LogP contribution in [0.25, 0.3) is 0 Å². The Kier molecular flexibility index (Phi) is 13.8. The SMILES string of the molecule is C=C.C=C.C[Si](C)(C)CCc1ccccc1C(=O)c1ccccc1CC[Si](C)(C)O[Si](C)(C)C. The lowest BCUT2D eigenvalue weighted by Crippen LogP contribution is -2.42. The Morgan fingerprint density at radius 1 is 0.676 bits per heavy atom. The van der Waals surface area contributed by atoms with Crippen molar-refractivity contribution in [3.63, 3.8) is 0 Å². The van der Waals surface area contributed by atoms with Crippen molar-refractivity contribution in [1.29, 1.82) is 0 Å². The lowest BCUT2D eigenvalue weighted by Gasteiger charge is -2.31. The molecule has 188 valence electrons. The van der Waals surface area contributed by atoms with Crippen LogP contribution in [0, 0.1) is 0 Å². The Hall–Kier alpha value is -1.80. The zero-order valence-corrected chi connectivity index (χ0v) is 26.1. The minimum atomic E-state index is -1.75. The molecule has 0 fully saturated rings. The molecule has 0 radical (unpaired) electrons. The molecule has 34 heavy (non-hydrogen) atoms. The van der Waals surface area contributed by atoms with E-state index in [4.69, 9.17) is 4.12 Å². The van der Waals surface area contributed by atoms with Gasteiger partial charge in [-0.1, -0.05) is 74.2 Å². The first-order valence-electron chi connectivity index (χ1n) is 12.2. The molecule has 0 aromatic heterocycles. The van der Waals surface area contributed by atoms with Crippen molar-refractivity contribution >= 4 is 30.5 Å². The van der Waals surface area contributed by atoms with Gasteiger partial charge in [-0.2, -0.15) is 0 Å². The number of carbonyl (C=O) groups is 1. The van der Waals surface area contributed by atoms with Gasteiger partial charge in [0.25, 0.3) is 0 Å². The summed E-state index contributed by atoms with van der Waals surface area (Å²) in [6.45, 7) is 30.6. The summed E-state index contributed by atoms with van der Waals surface area (Å²) >= 11 is 0. The topological polar surface area (TPSA) is 26.3 Å². The summed E-state index contributed by atoms with van der Waals surface area (Å²) in [6, 6.07) is 18.6. The molecule has 0 heterocycles. The lowest BCUT2D eigenvalue weighted by atomic mass is 9.93. The van der Waals surface area contributed by atoms with E-state index < -0.39 is 24.7 Å². The summed E-state index contributed by atoms with van der Waals surface area (Å²) in [7, 11) is -4.46. The quantitative estimate of drug-likeness (QED) is 0.180. The van der Waals surface area contributed by atoms with Gasteiger partial charge in [-0.15, -0.1) is 26.3 Å². The Balaban J connectivity index is 0.00000258. The van der Waals surface area contributed by atoms with Gasteiger partial charge in [0.05, 0.1) is 0 Å². The second kappa shape index (κ2) is 14.6. The third kappa shape index (κ3) is 12.1. The van der Waals surface area contributed by atoms with Gasteiger partial charge in [-0.3, -0.25) is 4.79 Å². The summed E-state index contributed by atoms with van der Waals surface area (Å²) in [6.07, 6.45) is 1.90. The van der Waals surface area contributed by atoms with Crippen LogP contribution in [0.2, 0.25) is 64.5 Å². The highest BCUT2D eigenvalue weighted by Gasteiger charge is 2.29. The van der Waals surface area contributed by atoms with E-state index >= 15 is 0 Å². The second-order valence-electron chi connectivity index (χ2n) is 11.2. The highest BCUT2D eigenvalue weighted by Crippen LogP contribution is 2.25. The fourth-order valence-corrected chi connectivity index (χ4v) is 12.8. The van der Waals surface area contributed by atoms with E-state index in [1.54, 1.807) is 0 Å². The third-order valence-corrected chi connectivity index (χ3v) is 13.1.